The van der Waals surface area contributed by atoms with E-state index in [1.165, 1.54) is 5.56 Å². The van der Waals surface area contributed by atoms with E-state index in [1.807, 2.05) is 24.3 Å². The van der Waals surface area contributed by atoms with Gasteiger partial charge in [-0.05, 0) is 49.4 Å². The lowest BCUT2D eigenvalue weighted by Crippen LogP contribution is -2.17. The third kappa shape index (κ3) is 2.57. The largest absolute Gasteiger partial charge is 0.321 e. The molecule has 114 valence electrons. The van der Waals surface area contributed by atoms with E-state index in [4.69, 9.17) is 4.98 Å². The maximum Gasteiger partial charge on any atom is 0.257 e. The van der Waals surface area contributed by atoms with Gasteiger partial charge in [-0.25, -0.2) is 0 Å². The Balaban J connectivity index is 1.83. The molecule has 1 amide bonds. The molecule has 2 aromatic heterocycles. The summed E-state index contributed by atoms with van der Waals surface area (Å²) in [6.45, 7) is 0. The second-order valence-electron chi connectivity index (χ2n) is 5.83. The van der Waals surface area contributed by atoms with Gasteiger partial charge in [-0.3, -0.25) is 14.8 Å². The van der Waals surface area contributed by atoms with Crippen molar-refractivity contribution in [2.75, 3.05) is 5.32 Å². The van der Waals surface area contributed by atoms with E-state index >= 15 is 0 Å². The molecule has 0 aliphatic heterocycles. The minimum atomic E-state index is -0.123. The number of fused-ring (bicyclic) bond motifs is 2. The Kier molecular flexibility index (Phi) is 3.50. The second-order valence-corrected chi connectivity index (χ2v) is 5.83. The van der Waals surface area contributed by atoms with Gasteiger partial charge in [0.15, 0.2) is 0 Å². The summed E-state index contributed by atoms with van der Waals surface area (Å²) in [6.07, 6.45) is 7.51. The zero-order valence-corrected chi connectivity index (χ0v) is 12.7. The van der Waals surface area contributed by atoms with Crippen molar-refractivity contribution in [3.63, 3.8) is 0 Å². The van der Waals surface area contributed by atoms with E-state index in [1.54, 1.807) is 24.5 Å². The van der Waals surface area contributed by atoms with Crippen molar-refractivity contribution in [1.29, 1.82) is 0 Å². The highest BCUT2D eigenvalue weighted by Crippen LogP contribution is 2.33. The maximum atomic E-state index is 12.6. The molecule has 2 heterocycles. The fourth-order valence-electron chi connectivity index (χ4n) is 3.20. The summed E-state index contributed by atoms with van der Waals surface area (Å²) in [5, 5.41) is 4.12. The Bertz CT molecular complexity index is 874. The number of nitrogens with zero attached hydrogens (tertiary/aromatic N) is 2. The number of rotatable bonds is 2. The molecule has 1 aliphatic rings. The monoisotopic (exact) mass is 303 g/mol. The minimum Gasteiger partial charge on any atom is -0.321 e. The van der Waals surface area contributed by atoms with Crippen LogP contribution in [0.4, 0.5) is 5.69 Å². The zero-order chi connectivity index (χ0) is 15.6. The summed E-state index contributed by atoms with van der Waals surface area (Å²) in [5.74, 6) is -0.123. The van der Waals surface area contributed by atoms with Crippen molar-refractivity contribution < 1.29 is 4.79 Å². The van der Waals surface area contributed by atoms with Gasteiger partial charge < -0.3 is 5.32 Å². The molecule has 23 heavy (non-hydrogen) atoms. The topological polar surface area (TPSA) is 54.9 Å². The summed E-state index contributed by atoms with van der Waals surface area (Å²) < 4.78 is 0. The average Bonchev–Trinajstić information content (AvgIpc) is 2.62. The zero-order valence-electron chi connectivity index (χ0n) is 12.7. The predicted molar refractivity (Wildman–Crippen MR) is 90.6 cm³/mol. The lowest BCUT2D eigenvalue weighted by atomic mass is 9.92. The van der Waals surface area contributed by atoms with Crippen LogP contribution >= 0.6 is 0 Å². The molecule has 0 saturated heterocycles. The van der Waals surface area contributed by atoms with Crippen LogP contribution in [0.1, 0.15) is 34.5 Å². The van der Waals surface area contributed by atoms with Gasteiger partial charge in [0, 0.05) is 23.5 Å². The molecule has 1 aromatic carbocycles. The molecule has 4 heteroatoms. The lowest BCUT2D eigenvalue weighted by Gasteiger charge is -2.21. The first-order chi connectivity index (χ1) is 11.3. The van der Waals surface area contributed by atoms with E-state index < -0.39 is 0 Å². The number of benzene rings is 1. The molecule has 0 atom stereocenters. The number of hydrogen-bond acceptors (Lipinski definition) is 3. The number of aryl methyl sites for hydroxylation is 1. The minimum absolute atomic E-state index is 0.123. The fourth-order valence-corrected chi connectivity index (χ4v) is 3.20. The molecular weight excluding hydrogens is 286 g/mol. The molecule has 0 fully saturated rings. The Morgan fingerprint density at radius 1 is 1.04 bits per heavy atom. The highest BCUT2D eigenvalue weighted by Gasteiger charge is 2.19. The quantitative estimate of drug-likeness (QED) is 0.784. The number of amides is 1. The number of hydrogen-bond donors (Lipinski definition) is 1. The fraction of sp³-hybridized carbons (Fsp3) is 0.211. The van der Waals surface area contributed by atoms with Gasteiger partial charge >= 0.3 is 0 Å². The van der Waals surface area contributed by atoms with Crippen LogP contribution in [0.5, 0.6) is 0 Å². The van der Waals surface area contributed by atoms with Crippen molar-refractivity contribution >= 4 is 22.5 Å². The van der Waals surface area contributed by atoms with Crippen LogP contribution in [0, 0.1) is 0 Å². The average molecular weight is 303 g/mol. The van der Waals surface area contributed by atoms with Crippen LogP contribution in [0.15, 0.2) is 48.8 Å². The van der Waals surface area contributed by atoms with Gasteiger partial charge in [0.1, 0.15) is 0 Å². The van der Waals surface area contributed by atoms with E-state index in [-0.39, 0.29) is 5.91 Å². The van der Waals surface area contributed by atoms with Gasteiger partial charge in [0.05, 0.1) is 16.8 Å². The molecule has 4 nitrogen and oxygen atoms in total. The highest BCUT2D eigenvalue weighted by molar-refractivity contribution is 6.09. The number of anilines is 1. The van der Waals surface area contributed by atoms with Crippen LogP contribution in [0.2, 0.25) is 0 Å². The highest BCUT2D eigenvalue weighted by atomic mass is 16.1. The Labute approximate surface area is 134 Å². The smallest absolute Gasteiger partial charge is 0.257 e. The van der Waals surface area contributed by atoms with Gasteiger partial charge in [0.25, 0.3) is 5.91 Å². The first-order valence-corrected chi connectivity index (χ1v) is 7.95. The first kappa shape index (κ1) is 13.9. The molecule has 3 aromatic rings. The number of pyridine rings is 2. The van der Waals surface area contributed by atoms with Gasteiger partial charge in [-0.1, -0.05) is 18.2 Å². The first-order valence-electron chi connectivity index (χ1n) is 7.95. The Hall–Kier alpha value is -2.75. The van der Waals surface area contributed by atoms with Crippen LogP contribution in [0.25, 0.3) is 10.9 Å². The maximum absolute atomic E-state index is 12.6. The van der Waals surface area contributed by atoms with Gasteiger partial charge in [-0.15, -0.1) is 0 Å². The molecule has 0 bridgehead atoms. The van der Waals surface area contributed by atoms with Crippen LogP contribution in [-0.4, -0.2) is 15.9 Å². The summed E-state index contributed by atoms with van der Waals surface area (Å²) >= 11 is 0. The summed E-state index contributed by atoms with van der Waals surface area (Å²) in [7, 11) is 0. The molecule has 0 saturated carbocycles. The molecule has 1 N–H and O–H groups in total. The lowest BCUT2D eigenvalue weighted by molar-refractivity contribution is 0.102. The van der Waals surface area contributed by atoms with Crippen molar-refractivity contribution in [2.24, 2.45) is 0 Å². The van der Waals surface area contributed by atoms with E-state index in [9.17, 15) is 4.79 Å². The molecule has 0 unspecified atom stereocenters. The van der Waals surface area contributed by atoms with Crippen LogP contribution < -0.4 is 5.32 Å². The van der Waals surface area contributed by atoms with Gasteiger partial charge in [0.2, 0.25) is 0 Å². The SMILES string of the molecule is O=C(Nc1c2c(nc3ccccc13)CCCC2)c1cccnc1. The number of aromatic nitrogens is 2. The third-order valence-electron chi connectivity index (χ3n) is 4.33. The second kappa shape index (κ2) is 5.80. The summed E-state index contributed by atoms with van der Waals surface area (Å²) in [4.78, 5) is 21.4. The van der Waals surface area contributed by atoms with Gasteiger partial charge in [-0.2, -0.15) is 0 Å². The van der Waals surface area contributed by atoms with Crippen LogP contribution in [-0.2, 0) is 12.8 Å². The van der Waals surface area contributed by atoms with Crippen molar-refractivity contribution in [2.45, 2.75) is 25.7 Å². The molecular formula is C19H17N3O. The third-order valence-corrected chi connectivity index (χ3v) is 4.33. The number of nitrogens with one attached hydrogen (secondary N) is 1. The van der Waals surface area contributed by atoms with E-state index in [0.717, 1.165) is 48.0 Å². The molecule has 4 rings (SSSR count). The Morgan fingerprint density at radius 2 is 1.91 bits per heavy atom. The number of carbonyl (C=O) groups excluding carboxylic acids is 1. The Morgan fingerprint density at radius 3 is 2.78 bits per heavy atom. The number of carbonyl (C=O) groups is 1. The number of para-hydroxylation sites is 1. The van der Waals surface area contributed by atoms with Crippen molar-refractivity contribution in [3.8, 4) is 0 Å². The summed E-state index contributed by atoms with van der Waals surface area (Å²) in [5.41, 5.74) is 4.73. The molecule has 0 spiro atoms. The van der Waals surface area contributed by atoms with Crippen LogP contribution in [0.3, 0.4) is 0 Å². The predicted octanol–water partition coefficient (Wildman–Crippen LogP) is 3.76. The molecule has 1 aliphatic carbocycles. The van der Waals surface area contributed by atoms with Crippen molar-refractivity contribution in [3.05, 3.63) is 65.6 Å². The van der Waals surface area contributed by atoms with E-state index in [0.29, 0.717) is 5.56 Å². The standard InChI is InChI=1S/C19H17N3O/c23-19(13-6-5-11-20-12-13)22-18-14-7-1-3-9-16(14)21-17-10-4-2-8-15(17)18/h1,3,5-7,9,11-12H,2,4,8,10H2,(H,21,22,23). The molecule has 0 radical (unpaired) electrons. The van der Waals surface area contributed by atoms with E-state index in [2.05, 4.69) is 10.3 Å². The normalized spacial score (nSPS) is 13.6. The van der Waals surface area contributed by atoms with Crippen molar-refractivity contribution in [1.82, 2.24) is 9.97 Å². The summed E-state index contributed by atoms with van der Waals surface area (Å²) in [6, 6.07) is 11.5.